The second kappa shape index (κ2) is 9.34. The van der Waals surface area contributed by atoms with E-state index in [1.54, 1.807) is 22.8 Å². The Balaban J connectivity index is 1.20. The van der Waals surface area contributed by atoms with Crippen LogP contribution in [0.2, 0.25) is 0 Å². The van der Waals surface area contributed by atoms with Gasteiger partial charge in [0.25, 0.3) is 6.43 Å². The van der Waals surface area contributed by atoms with E-state index in [4.69, 9.17) is 9.72 Å². The molecule has 200 valence electrons. The van der Waals surface area contributed by atoms with E-state index in [1.807, 2.05) is 6.07 Å². The molecule has 0 aromatic carbocycles. The van der Waals surface area contributed by atoms with Gasteiger partial charge in [0, 0.05) is 30.9 Å². The lowest BCUT2D eigenvalue weighted by Gasteiger charge is -2.42. The lowest BCUT2D eigenvalue weighted by molar-refractivity contribution is -0.0794. The molecule has 0 bridgehead atoms. The Kier molecular flexibility index (Phi) is 5.80. The third kappa shape index (κ3) is 4.41. The second-order valence-corrected chi connectivity index (χ2v) is 10.2. The molecule has 3 fully saturated rings. The molecule has 6 heterocycles. The lowest BCUT2D eigenvalue weighted by Crippen LogP contribution is -2.57. The van der Waals surface area contributed by atoms with Crippen LogP contribution in [0.3, 0.4) is 0 Å². The quantitative estimate of drug-likeness (QED) is 0.357. The minimum Gasteiger partial charge on any atom is -0.378 e. The Bertz CT molecular complexity index is 1470. The Morgan fingerprint density at radius 3 is 2.68 bits per heavy atom. The van der Waals surface area contributed by atoms with Crippen molar-refractivity contribution in [2.24, 2.45) is 0 Å². The van der Waals surface area contributed by atoms with Crippen LogP contribution in [0.1, 0.15) is 19.3 Å². The van der Waals surface area contributed by atoms with Crippen LogP contribution in [0.25, 0.3) is 27.9 Å². The summed E-state index contributed by atoms with van der Waals surface area (Å²) in [6, 6.07) is 5.58. The van der Waals surface area contributed by atoms with Crippen LogP contribution in [0.5, 0.6) is 0 Å². The van der Waals surface area contributed by atoms with Crippen LogP contribution in [0.4, 0.5) is 24.9 Å². The first-order valence-corrected chi connectivity index (χ1v) is 12.9. The third-order valence-corrected chi connectivity index (χ3v) is 7.40. The molecule has 2 atom stereocenters. The zero-order chi connectivity index (χ0) is 25.8. The molecule has 38 heavy (non-hydrogen) atoms. The second-order valence-electron chi connectivity index (χ2n) is 10.2. The number of piperidine rings is 1. The first-order valence-electron chi connectivity index (χ1n) is 12.9. The van der Waals surface area contributed by atoms with E-state index in [0.29, 0.717) is 66.8 Å². The lowest BCUT2D eigenvalue weighted by atomic mass is 10.0. The molecule has 0 spiro atoms. The van der Waals surface area contributed by atoms with Crippen molar-refractivity contribution < 1.29 is 17.9 Å². The molecule has 2 N–H and O–H groups in total. The van der Waals surface area contributed by atoms with E-state index in [1.165, 1.54) is 0 Å². The number of pyridine rings is 1. The summed E-state index contributed by atoms with van der Waals surface area (Å²) in [6.45, 7) is 1.91. The zero-order valence-electron chi connectivity index (χ0n) is 20.5. The van der Waals surface area contributed by atoms with Gasteiger partial charge in [0.1, 0.15) is 23.7 Å². The monoisotopic (exact) mass is 528 g/mol. The summed E-state index contributed by atoms with van der Waals surface area (Å²) in [5.41, 5.74) is 2.74. The summed E-state index contributed by atoms with van der Waals surface area (Å²) >= 11 is 0. The van der Waals surface area contributed by atoms with Crippen LogP contribution in [-0.2, 0) is 11.3 Å². The highest BCUT2D eigenvalue weighted by atomic mass is 19.3. The minimum absolute atomic E-state index is 0.284. The van der Waals surface area contributed by atoms with Crippen LogP contribution >= 0.6 is 0 Å². The molecular formula is C24H27F3N10O. The number of nitrogens with zero attached hydrogens (tertiary/aromatic N) is 8. The summed E-state index contributed by atoms with van der Waals surface area (Å²) in [5, 5.41) is 19.1. The molecule has 1 aliphatic carbocycles. The van der Waals surface area contributed by atoms with Gasteiger partial charge >= 0.3 is 0 Å². The molecule has 14 heteroatoms. The van der Waals surface area contributed by atoms with Crippen molar-refractivity contribution in [2.45, 2.75) is 56.5 Å². The van der Waals surface area contributed by atoms with Crippen molar-refractivity contribution in [3.63, 3.8) is 0 Å². The van der Waals surface area contributed by atoms with Crippen molar-refractivity contribution in [3.8, 4) is 11.3 Å². The smallest absolute Gasteiger partial charge is 0.258 e. The Hall–Kier alpha value is -3.52. The largest absolute Gasteiger partial charge is 0.378 e. The maximum Gasteiger partial charge on any atom is 0.258 e. The average Bonchev–Trinajstić information content (AvgIpc) is 3.43. The first-order chi connectivity index (χ1) is 18.5. The third-order valence-electron chi connectivity index (χ3n) is 7.40. The van der Waals surface area contributed by atoms with Crippen molar-refractivity contribution in [3.05, 3.63) is 24.4 Å². The number of ether oxygens (including phenoxy) is 1. The van der Waals surface area contributed by atoms with Gasteiger partial charge in [-0.15, -0.1) is 10.2 Å². The molecule has 0 radical (unpaired) electrons. The number of nitrogens with one attached hydrogen (secondary N) is 2. The van der Waals surface area contributed by atoms with Crippen molar-refractivity contribution >= 4 is 28.4 Å². The normalized spacial score (nSPS) is 22.8. The van der Waals surface area contributed by atoms with Gasteiger partial charge in [-0.2, -0.15) is 4.98 Å². The van der Waals surface area contributed by atoms with E-state index in [0.717, 1.165) is 29.6 Å². The summed E-state index contributed by atoms with van der Waals surface area (Å²) in [6.07, 6.45) is 0.888. The summed E-state index contributed by atoms with van der Waals surface area (Å²) in [4.78, 5) is 11.5. The van der Waals surface area contributed by atoms with E-state index < -0.39 is 19.1 Å². The van der Waals surface area contributed by atoms with Gasteiger partial charge in [-0.25, -0.2) is 27.4 Å². The summed E-state index contributed by atoms with van der Waals surface area (Å²) in [5.74, 6) is 0.962. The summed E-state index contributed by atoms with van der Waals surface area (Å²) in [7, 11) is 0. The van der Waals surface area contributed by atoms with Gasteiger partial charge in [-0.05, 0) is 37.5 Å². The molecule has 2 aliphatic heterocycles. The molecule has 3 aliphatic rings. The molecule has 4 aromatic rings. The predicted molar refractivity (Wildman–Crippen MR) is 133 cm³/mol. The molecular weight excluding hydrogens is 501 g/mol. The van der Waals surface area contributed by atoms with Crippen LogP contribution in [-0.4, -0.2) is 96.5 Å². The van der Waals surface area contributed by atoms with Crippen LogP contribution < -0.4 is 10.6 Å². The molecule has 4 aromatic heterocycles. The highest BCUT2D eigenvalue weighted by molar-refractivity contribution is 5.89. The molecule has 0 unspecified atom stereocenters. The molecule has 2 saturated heterocycles. The number of hydrogen-bond donors (Lipinski definition) is 2. The number of halogens is 3. The number of aromatic nitrogens is 7. The highest BCUT2D eigenvalue weighted by Gasteiger charge is 2.36. The fourth-order valence-corrected chi connectivity index (χ4v) is 5.09. The number of anilines is 2. The standard InChI is InChI=1S/C24H27F3N10O/c25-16-9-35(14-11-38-12-14)7-6-18(16)30-24-31-22(28-13-1-2-13)21-15(5-8-36(21)33-24)17-3-4-19-23(29-17)37(34-32-19)10-20(26)27/h3-5,8,13-14,16,18,20H,1-2,6-7,9-12H2,(H2,28,30,31,33)/t16-,18+/m1/s1. The van der Waals surface area contributed by atoms with E-state index in [-0.39, 0.29) is 11.7 Å². The molecule has 1 saturated carbocycles. The van der Waals surface area contributed by atoms with Gasteiger partial charge in [-0.1, -0.05) is 5.21 Å². The molecule has 0 amide bonds. The van der Waals surface area contributed by atoms with Crippen molar-refractivity contribution in [1.82, 2.24) is 39.5 Å². The Labute approximate surface area is 215 Å². The predicted octanol–water partition coefficient (Wildman–Crippen LogP) is 2.60. The van der Waals surface area contributed by atoms with Gasteiger partial charge in [0.05, 0.1) is 31.0 Å². The molecule has 11 nitrogen and oxygen atoms in total. The van der Waals surface area contributed by atoms with Crippen LogP contribution in [0.15, 0.2) is 24.4 Å². The van der Waals surface area contributed by atoms with Gasteiger partial charge in [0.2, 0.25) is 5.95 Å². The number of hydrogen-bond acceptors (Lipinski definition) is 9. The maximum atomic E-state index is 15.1. The zero-order valence-corrected chi connectivity index (χ0v) is 20.5. The maximum absolute atomic E-state index is 15.1. The van der Waals surface area contributed by atoms with Crippen molar-refractivity contribution in [1.29, 1.82) is 0 Å². The summed E-state index contributed by atoms with van der Waals surface area (Å²) < 4.78 is 49.2. The fraction of sp³-hybridized carbons (Fsp3) is 0.542. The van der Waals surface area contributed by atoms with Crippen molar-refractivity contribution in [2.75, 3.05) is 36.9 Å². The SMILES string of the molecule is FC(F)Cn1nnc2ccc(-c3ccn4nc(N[C@H]5CCN(C6COC6)C[C@H]5F)nc(NC5CC5)c34)nc21. The Morgan fingerprint density at radius 2 is 1.95 bits per heavy atom. The van der Waals surface area contributed by atoms with E-state index in [2.05, 4.69) is 35.9 Å². The van der Waals surface area contributed by atoms with Gasteiger partial charge in [-0.3, -0.25) is 4.90 Å². The minimum atomic E-state index is -2.57. The fourth-order valence-electron chi connectivity index (χ4n) is 5.09. The number of alkyl halides is 3. The van der Waals surface area contributed by atoms with Gasteiger partial charge < -0.3 is 15.4 Å². The van der Waals surface area contributed by atoms with E-state index >= 15 is 4.39 Å². The number of rotatable bonds is 8. The number of likely N-dealkylation sites (tertiary alicyclic amines) is 1. The topological polar surface area (TPSA) is 110 Å². The van der Waals surface area contributed by atoms with Gasteiger partial charge in [0.15, 0.2) is 11.5 Å². The highest BCUT2D eigenvalue weighted by Crippen LogP contribution is 2.33. The van der Waals surface area contributed by atoms with E-state index in [9.17, 15) is 8.78 Å². The molecule has 7 rings (SSSR count). The Morgan fingerprint density at radius 1 is 1.08 bits per heavy atom. The first kappa shape index (κ1) is 23.6. The van der Waals surface area contributed by atoms with Crippen LogP contribution in [0, 0.1) is 0 Å². The number of fused-ring (bicyclic) bond motifs is 2. The average molecular weight is 529 g/mol.